The molecule has 460 valence electrons. The zero-order valence-corrected chi connectivity index (χ0v) is 63.4. The molecule has 15 nitrogen and oxygen atoms in total. The molecule has 0 heterocycles. The molecule has 7 unspecified atom stereocenters. The quantitative estimate of drug-likeness (QED) is 0.0343. The van der Waals surface area contributed by atoms with Crippen LogP contribution in [0.25, 0.3) is 0 Å². The number of nitrogens with one attached hydrogen (secondary N) is 1. The van der Waals surface area contributed by atoms with E-state index in [-0.39, 0.29) is 196 Å². The second-order valence-electron chi connectivity index (χ2n) is 28.2. The maximum atomic E-state index is 12.2. The summed E-state index contributed by atoms with van der Waals surface area (Å²) in [5.41, 5.74) is 0.227. The number of hydrogen-bond donors (Lipinski definition) is 4. The van der Waals surface area contributed by atoms with Crippen LogP contribution in [0.2, 0.25) is 0 Å². The third-order valence-corrected chi connectivity index (χ3v) is 25.2. The number of fused-ring (bicyclic) bond motifs is 10. The van der Waals surface area contributed by atoms with Gasteiger partial charge in [0.25, 0.3) is 0 Å². The van der Waals surface area contributed by atoms with Crippen LogP contribution >= 0.6 is 0 Å². The molecule has 0 aliphatic heterocycles. The van der Waals surface area contributed by atoms with Gasteiger partial charge in [-0.2, -0.15) is 0 Å². The number of aliphatic carboxylic acids is 1. The van der Waals surface area contributed by atoms with Gasteiger partial charge in [0.2, 0.25) is 16.3 Å². The van der Waals surface area contributed by atoms with Crippen LogP contribution in [0, 0.1) is 92.7 Å². The number of carbonyl (C=O) groups excluding carboxylic acids is 2. The topological polar surface area (TPSA) is 277 Å². The van der Waals surface area contributed by atoms with E-state index >= 15 is 0 Å². The number of carboxylic acid groups (broad SMARTS) is 1. The van der Waals surface area contributed by atoms with Gasteiger partial charge in [0.05, 0.1) is 40.8 Å². The van der Waals surface area contributed by atoms with Crippen LogP contribution in [0.1, 0.15) is 241 Å². The standard InChI is InChI=1S/C26H45NO6S.C24H39O4.C12H26O4S.4Na/c1-16(4-9-24(30)27-12-13-34(31,32)33)20-7-8-21-19-6-5-17-14-18(28)10-11-25(17,2)22(19)15-23(29)26(20,21)3;1-14(4-9-22(27)28)18-7-8-19-17-6-5-15-12-16(25)10-11-23(15,2)20(17)13-21(26)24(18,19)3;1-2-3-4-5-6-7-8-9-10-11-12-16-17(13,14)15;;;;/h16-23,28-29H,4-15H2,1-3H3,(H,27,30)(H,31,32,33);14-21,26H,4-13H2,1-3H3,(H,27,28);2-12H2,1H3,(H,13,14,15);;;;/q;-1;;4*+1/p-3/t16-,17?,18-,19?,20-,21?,22?,23+,25+,26-;14-,15-,16-,17?,18-,19?,20?,21+,23+,24-;;;;;/m11...../s1. The molecule has 0 bridgehead atoms. The maximum absolute atomic E-state index is 12.2. The molecule has 0 radical (unpaired) electrons. The van der Waals surface area contributed by atoms with E-state index in [0.717, 1.165) is 83.5 Å². The van der Waals surface area contributed by atoms with Crippen molar-refractivity contribution in [3.8, 4) is 0 Å². The number of rotatable bonds is 23. The van der Waals surface area contributed by atoms with E-state index in [9.17, 15) is 61.1 Å². The van der Waals surface area contributed by atoms with Gasteiger partial charge in [-0.1, -0.05) is 119 Å². The zero-order chi connectivity index (χ0) is 58.1. The average Bonchev–Trinajstić information content (AvgIpc) is 3.93. The Morgan fingerprint density at radius 2 is 1.04 bits per heavy atom. The van der Waals surface area contributed by atoms with Gasteiger partial charge in [-0.25, -0.2) is 16.8 Å². The Kier molecular flexibility index (Phi) is 35.7. The molecule has 8 aliphatic carbocycles. The monoisotopic (exact) mass is 1250 g/mol. The summed E-state index contributed by atoms with van der Waals surface area (Å²) in [6.07, 6.45) is 28.9. The molecule has 0 aromatic rings. The fourth-order valence-electron chi connectivity index (χ4n) is 19.6. The summed E-state index contributed by atoms with van der Waals surface area (Å²) < 4.78 is 66.6. The van der Waals surface area contributed by atoms with E-state index in [1.807, 2.05) is 0 Å². The van der Waals surface area contributed by atoms with Crippen molar-refractivity contribution in [1.82, 2.24) is 5.32 Å². The summed E-state index contributed by atoms with van der Waals surface area (Å²) >= 11 is 0. The molecule has 0 aromatic heterocycles. The molecule has 0 spiro atoms. The van der Waals surface area contributed by atoms with Gasteiger partial charge >= 0.3 is 118 Å². The van der Waals surface area contributed by atoms with Gasteiger partial charge in [0.1, 0.15) is 0 Å². The van der Waals surface area contributed by atoms with Crippen LogP contribution in [0.5, 0.6) is 0 Å². The second-order valence-corrected chi connectivity index (χ2v) is 30.7. The Bertz CT molecular complexity index is 2190. The Balaban J connectivity index is 0.000000437. The van der Waals surface area contributed by atoms with Crippen LogP contribution in [0.15, 0.2) is 0 Å². The van der Waals surface area contributed by atoms with E-state index < -0.39 is 32.2 Å². The SMILES string of the molecule is CCCCCCCCCCCCOS(=O)(=O)[O-].C[C@H](CCC(=O)NCCS(=O)(=O)[O-])[C@H]1CCC2C3CCC4C[C@H](O)CC[C@]4(C)C3C[C@H](O)[C@@]21C.C[C@H](CCC(=O)[O-])[C@H]1CCC2C3CC[C@@H]4C[C@H]([O-])CC[C@]4(C)C3C[C@H](O)[C@@]21C.[Na+].[Na+].[Na+].[Na+]. The molecule has 0 aromatic carbocycles. The van der Waals surface area contributed by atoms with Crippen LogP contribution in [-0.4, -0.2) is 96.5 Å². The van der Waals surface area contributed by atoms with Crippen molar-refractivity contribution < 1.29 is 183 Å². The molecule has 1 amide bonds. The number of amides is 1. The number of aliphatic hydroxyl groups is 3. The van der Waals surface area contributed by atoms with Gasteiger partial charge < -0.3 is 44.7 Å². The Hall–Kier alpha value is 2.56. The van der Waals surface area contributed by atoms with Gasteiger partial charge in [0, 0.05) is 18.9 Å². The summed E-state index contributed by atoms with van der Waals surface area (Å²) in [6.45, 7) is 15.9. The van der Waals surface area contributed by atoms with E-state index in [1.165, 1.54) is 77.0 Å². The number of unbranched alkanes of at least 4 members (excludes halogenated alkanes) is 9. The van der Waals surface area contributed by atoms with E-state index in [2.05, 4.69) is 58.0 Å². The fourth-order valence-corrected chi connectivity index (χ4v) is 20.2. The molecule has 8 aliphatic rings. The molecule has 8 rings (SSSR count). The predicted molar refractivity (Wildman–Crippen MR) is 300 cm³/mol. The molecular weight excluding hydrogens is 1140 g/mol. The summed E-state index contributed by atoms with van der Waals surface area (Å²) in [4.78, 5) is 23.1. The minimum absolute atomic E-state index is 0. The normalized spacial score (nSPS) is 38.3. The van der Waals surface area contributed by atoms with Crippen molar-refractivity contribution in [3.63, 3.8) is 0 Å². The second kappa shape index (κ2) is 36.3. The zero-order valence-electron chi connectivity index (χ0n) is 53.7. The van der Waals surface area contributed by atoms with E-state index in [0.29, 0.717) is 90.8 Å². The number of carboxylic acids is 1. The van der Waals surface area contributed by atoms with Gasteiger partial charge in [-0.05, 0) is 208 Å². The van der Waals surface area contributed by atoms with E-state index in [4.69, 9.17) is 0 Å². The van der Waals surface area contributed by atoms with Gasteiger partial charge in [0.15, 0.2) is 0 Å². The van der Waals surface area contributed by atoms with Crippen molar-refractivity contribution in [2.24, 2.45) is 92.7 Å². The molecule has 21 heteroatoms. The third kappa shape index (κ3) is 21.0. The third-order valence-electron chi connectivity index (χ3n) is 24.0. The smallest absolute Gasteiger partial charge is 0.852 e. The van der Waals surface area contributed by atoms with Crippen LogP contribution in [-0.2, 0) is 34.3 Å². The first-order valence-corrected chi connectivity index (χ1v) is 34.7. The van der Waals surface area contributed by atoms with Crippen molar-refractivity contribution in [2.75, 3.05) is 18.9 Å². The average molecular weight is 1250 g/mol. The van der Waals surface area contributed by atoms with Gasteiger partial charge in [-0.15, -0.1) is 6.10 Å². The van der Waals surface area contributed by atoms with Crippen LogP contribution < -0.4 is 134 Å². The van der Waals surface area contributed by atoms with Crippen LogP contribution in [0.3, 0.4) is 0 Å². The molecule has 8 fully saturated rings. The molecule has 20 atom stereocenters. The summed E-state index contributed by atoms with van der Waals surface area (Å²) in [6, 6.07) is 0. The molecule has 4 N–H and O–H groups in total. The minimum atomic E-state index is -4.48. The first-order valence-electron chi connectivity index (χ1n) is 31.8. The molecular formula is C62H107NNa4O14S2. The summed E-state index contributed by atoms with van der Waals surface area (Å²) in [5, 5.41) is 58.9. The Morgan fingerprint density at radius 3 is 1.49 bits per heavy atom. The van der Waals surface area contributed by atoms with Crippen molar-refractivity contribution in [3.05, 3.63) is 0 Å². The number of aliphatic hydroxyl groups excluding tert-OH is 3. The summed E-state index contributed by atoms with van der Waals surface area (Å²) in [5.74, 6) is 4.13. The molecule has 83 heavy (non-hydrogen) atoms. The van der Waals surface area contributed by atoms with Crippen molar-refractivity contribution >= 4 is 32.4 Å². The number of carbonyl (C=O) groups is 2. The van der Waals surface area contributed by atoms with E-state index in [1.54, 1.807) is 0 Å². The molecule has 8 saturated carbocycles. The first-order chi connectivity index (χ1) is 37.1. The predicted octanol–water partition coefficient (Wildman–Crippen LogP) is -3.03. The van der Waals surface area contributed by atoms with Crippen molar-refractivity contribution in [1.29, 1.82) is 0 Å². The van der Waals surface area contributed by atoms with Crippen molar-refractivity contribution in [2.45, 2.75) is 266 Å². The minimum Gasteiger partial charge on any atom is -0.852 e. The first kappa shape index (κ1) is 81.7. The molecule has 0 saturated heterocycles. The van der Waals surface area contributed by atoms with Gasteiger partial charge in [-0.3, -0.25) is 8.98 Å². The summed E-state index contributed by atoms with van der Waals surface area (Å²) in [7, 11) is -8.81. The Morgan fingerprint density at radius 1 is 0.590 bits per heavy atom. The maximum Gasteiger partial charge on any atom is 1.00 e. The van der Waals surface area contributed by atoms with Crippen LogP contribution in [0.4, 0.5) is 0 Å². The Labute approximate surface area is 591 Å². The number of hydrogen-bond acceptors (Lipinski definition) is 14. The fraction of sp³-hybridized carbons (Fsp3) is 0.968. The largest absolute Gasteiger partial charge is 1.00 e.